The first kappa shape index (κ1) is 23.5. The van der Waals surface area contributed by atoms with Crippen LogP contribution in [-0.4, -0.2) is 48.3 Å². The zero-order valence-corrected chi connectivity index (χ0v) is 20.6. The lowest BCUT2D eigenvalue weighted by Crippen LogP contribution is -2.35. The fourth-order valence-corrected chi connectivity index (χ4v) is 6.44. The topological polar surface area (TPSA) is 71.8 Å². The first-order valence-electron chi connectivity index (χ1n) is 11.0. The molecule has 0 spiro atoms. The quantitative estimate of drug-likeness (QED) is 0.479. The van der Waals surface area contributed by atoms with E-state index < -0.39 is 10.0 Å². The smallest absolute Gasteiger partial charge is 0.271 e. The average Bonchev–Trinajstić information content (AvgIpc) is 3.49. The van der Waals surface area contributed by atoms with Crippen LogP contribution in [0.5, 0.6) is 5.75 Å². The van der Waals surface area contributed by atoms with Crippen molar-refractivity contribution in [2.75, 3.05) is 20.2 Å². The van der Waals surface area contributed by atoms with Crippen molar-refractivity contribution in [2.24, 2.45) is 7.05 Å². The predicted octanol–water partition coefficient (Wildman–Crippen LogP) is 4.11. The molecule has 1 aliphatic rings. The van der Waals surface area contributed by atoms with E-state index in [2.05, 4.69) is 0 Å². The number of nitrogens with zero attached hydrogens (tertiary/aromatic N) is 3. The molecular weight excluding hydrogens is 458 g/mol. The number of ether oxygens (including phenoxy) is 1. The fourth-order valence-electron chi connectivity index (χ4n) is 4.13. The number of carbonyl (C=O) groups is 1. The summed E-state index contributed by atoms with van der Waals surface area (Å²) in [7, 11) is -0.291. The molecule has 2 aromatic heterocycles. The molecule has 3 aromatic rings. The van der Waals surface area contributed by atoms with E-state index in [1.165, 1.54) is 10.4 Å². The van der Waals surface area contributed by atoms with Crippen LogP contribution < -0.4 is 4.74 Å². The van der Waals surface area contributed by atoms with Gasteiger partial charge in [-0.15, -0.1) is 11.3 Å². The lowest BCUT2D eigenvalue weighted by atomic mass is 10.1. The van der Waals surface area contributed by atoms with E-state index in [-0.39, 0.29) is 10.8 Å². The van der Waals surface area contributed by atoms with Crippen LogP contribution in [0.25, 0.3) is 0 Å². The van der Waals surface area contributed by atoms with Crippen LogP contribution in [0.3, 0.4) is 0 Å². The number of benzene rings is 1. The van der Waals surface area contributed by atoms with E-state index >= 15 is 0 Å². The molecule has 1 saturated heterocycles. The normalized spacial score (nSPS) is 14.8. The Balaban J connectivity index is 1.64. The Morgan fingerprint density at radius 1 is 1.09 bits per heavy atom. The third-order valence-corrected chi connectivity index (χ3v) is 8.64. The first-order chi connectivity index (χ1) is 15.9. The molecule has 1 aromatic carbocycles. The third-order valence-electron chi connectivity index (χ3n) is 5.92. The maximum absolute atomic E-state index is 13.7. The standard InChI is InChI=1S/C24H29N3O4S2/c1-25-18-21(33(29,30)27-12-6-3-7-13-27)15-22(25)24(28)26(17-20-10-8-14-32-20)16-19-9-4-5-11-23(19)31-2/h4-5,8-11,14-15,18H,3,6-7,12-13,16-17H2,1-2H3. The van der Waals surface area contributed by atoms with Gasteiger partial charge in [0.1, 0.15) is 16.3 Å². The third kappa shape index (κ3) is 5.15. The lowest BCUT2D eigenvalue weighted by Gasteiger charge is -2.25. The minimum atomic E-state index is -3.62. The van der Waals surface area contributed by atoms with E-state index in [0.29, 0.717) is 37.6 Å². The Labute approximate surface area is 199 Å². The summed E-state index contributed by atoms with van der Waals surface area (Å²) in [6.45, 7) is 1.83. The Morgan fingerprint density at radius 3 is 2.55 bits per heavy atom. The second kappa shape index (κ2) is 10.1. The number of methoxy groups -OCH3 is 1. The highest BCUT2D eigenvalue weighted by Crippen LogP contribution is 2.26. The van der Waals surface area contributed by atoms with E-state index in [1.807, 2.05) is 41.8 Å². The molecule has 0 bridgehead atoms. The zero-order chi connectivity index (χ0) is 23.4. The summed E-state index contributed by atoms with van der Waals surface area (Å²) in [5, 5.41) is 1.98. The molecule has 33 heavy (non-hydrogen) atoms. The fraction of sp³-hybridized carbons (Fsp3) is 0.375. The molecule has 0 radical (unpaired) electrons. The Hall–Kier alpha value is -2.62. The van der Waals surface area contributed by atoms with Crippen molar-refractivity contribution in [1.29, 1.82) is 0 Å². The van der Waals surface area contributed by atoms with Gasteiger partial charge in [0.25, 0.3) is 5.91 Å². The number of thiophene rings is 1. The van der Waals surface area contributed by atoms with Crippen molar-refractivity contribution in [3.8, 4) is 5.75 Å². The Morgan fingerprint density at radius 2 is 1.85 bits per heavy atom. The monoisotopic (exact) mass is 487 g/mol. The summed E-state index contributed by atoms with van der Waals surface area (Å²) in [6.07, 6.45) is 4.32. The maximum atomic E-state index is 13.7. The van der Waals surface area contributed by atoms with E-state index in [1.54, 1.807) is 41.2 Å². The number of aromatic nitrogens is 1. The Bertz CT molecular complexity index is 1200. The van der Waals surface area contributed by atoms with E-state index in [4.69, 9.17) is 4.74 Å². The summed E-state index contributed by atoms with van der Waals surface area (Å²) in [6, 6.07) is 13.1. The van der Waals surface area contributed by atoms with Crippen molar-refractivity contribution in [1.82, 2.24) is 13.8 Å². The molecule has 1 fully saturated rings. The number of carbonyl (C=O) groups excluding carboxylic acids is 1. The summed E-state index contributed by atoms with van der Waals surface area (Å²) in [5.74, 6) is 0.485. The number of sulfonamides is 1. The molecule has 9 heteroatoms. The number of rotatable bonds is 8. The van der Waals surface area contributed by atoms with E-state index in [0.717, 1.165) is 29.7 Å². The highest BCUT2D eigenvalue weighted by molar-refractivity contribution is 7.89. The van der Waals surface area contributed by atoms with Crippen molar-refractivity contribution in [3.63, 3.8) is 0 Å². The molecule has 0 atom stereocenters. The van der Waals surface area contributed by atoms with Crippen LogP contribution in [-0.2, 0) is 30.2 Å². The number of aryl methyl sites for hydroxylation is 1. The molecule has 1 aliphatic heterocycles. The molecule has 4 rings (SSSR count). The summed E-state index contributed by atoms with van der Waals surface area (Å²) >= 11 is 1.58. The van der Waals surface area contributed by atoms with Gasteiger partial charge in [0, 0.05) is 36.8 Å². The van der Waals surface area contributed by atoms with Gasteiger partial charge in [-0.2, -0.15) is 4.31 Å². The molecule has 176 valence electrons. The van der Waals surface area contributed by atoms with E-state index in [9.17, 15) is 13.2 Å². The van der Waals surface area contributed by atoms with Gasteiger partial charge in [0.05, 0.1) is 20.2 Å². The Kier molecular flexibility index (Phi) is 7.21. The molecule has 0 unspecified atom stereocenters. The minimum Gasteiger partial charge on any atom is -0.496 e. The van der Waals surface area contributed by atoms with Crippen molar-refractivity contribution < 1.29 is 17.9 Å². The van der Waals surface area contributed by atoms with Crippen LogP contribution in [0.1, 0.15) is 40.2 Å². The molecule has 7 nitrogen and oxygen atoms in total. The van der Waals surface area contributed by atoms with Gasteiger partial charge in [-0.3, -0.25) is 4.79 Å². The van der Waals surface area contributed by atoms with Gasteiger partial charge in [-0.1, -0.05) is 30.7 Å². The summed E-state index contributed by atoms with van der Waals surface area (Å²) in [4.78, 5) is 16.6. The van der Waals surface area contributed by atoms with Crippen molar-refractivity contribution >= 4 is 27.3 Å². The van der Waals surface area contributed by atoms with Crippen LogP contribution in [0.15, 0.2) is 58.9 Å². The molecule has 0 N–H and O–H groups in total. The van der Waals surface area contributed by atoms with Gasteiger partial charge in [-0.25, -0.2) is 8.42 Å². The molecule has 1 amide bonds. The SMILES string of the molecule is COc1ccccc1CN(Cc1cccs1)C(=O)c1cc(S(=O)(=O)N2CCCCC2)cn1C. The van der Waals surface area contributed by atoms with Crippen LogP contribution >= 0.6 is 11.3 Å². The van der Waals surface area contributed by atoms with Crippen LogP contribution in [0, 0.1) is 0 Å². The summed E-state index contributed by atoms with van der Waals surface area (Å²) in [5.41, 5.74) is 1.23. The average molecular weight is 488 g/mol. The second-order valence-electron chi connectivity index (χ2n) is 8.19. The zero-order valence-electron chi connectivity index (χ0n) is 18.9. The molecule has 0 saturated carbocycles. The van der Waals surface area contributed by atoms with Crippen molar-refractivity contribution in [3.05, 3.63) is 70.2 Å². The number of amides is 1. The molecule has 3 heterocycles. The minimum absolute atomic E-state index is 0.170. The number of piperidine rings is 1. The summed E-state index contributed by atoms with van der Waals surface area (Å²) < 4.78 is 34.9. The highest BCUT2D eigenvalue weighted by Gasteiger charge is 2.30. The largest absolute Gasteiger partial charge is 0.496 e. The van der Waals surface area contributed by atoms with Gasteiger partial charge in [0.2, 0.25) is 10.0 Å². The highest BCUT2D eigenvalue weighted by atomic mass is 32.2. The van der Waals surface area contributed by atoms with Crippen molar-refractivity contribution in [2.45, 2.75) is 37.2 Å². The first-order valence-corrected chi connectivity index (χ1v) is 13.3. The van der Waals surface area contributed by atoms with Gasteiger partial charge >= 0.3 is 0 Å². The van der Waals surface area contributed by atoms with Gasteiger partial charge in [-0.05, 0) is 36.4 Å². The van der Waals surface area contributed by atoms with Gasteiger partial charge in [0.15, 0.2) is 0 Å². The number of hydrogen-bond donors (Lipinski definition) is 0. The van der Waals surface area contributed by atoms with Crippen LogP contribution in [0.4, 0.5) is 0 Å². The number of para-hydroxylation sites is 1. The van der Waals surface area contributed by atoms with Crippen LogP contribution in [0.2, 0.25) is 0 Å². The maximum Gasteiger partial charge on any atom is 0.271 e. The lowest BCUT2D eigenvalue weighted by molar-refractivity contribution is 0.0721. The number of hydrogen-bond acceptors (Lipinski definition) is 5. The molecular formula is C24H29N3O4S2. The second-order valence-corrected chi connectivity index (χ2v) is 11.2. The molecule has 0 aliphatic carbocycles. The predicted molar refractivity (Wildman–Crippen MR) is 129 cm³/mol. The van der Waals surface area contributed by atoms with Gasteiger partial charge < -0.3 is 14.2 Å².